The van der Waals surface area contributed by atoms with Gasteiger partial charge in [0, 0.05) is 12.8 Å². The summed E-state index contributed by atoms with van der Waals surface area (Å²) in [6, 6.07) is 0. The summed E-state index contributed by atoms with van der Waals surface area (Å²) in [4.78, 5) is 25.2. The van der Waals surface area contributed by atoms with Gasteiger partial charge in [0.15, 0.2) is 6.10 Å². The molecule has 0 heterocycles. The zero-order chi connectivity index (χ0) is 40.7. The molecule has 0 aromatic heterocycles. The highest BCUT2D eigenvalue weighted by Gasteiger charge is 2.17. The molecule has 0 amide bonds. The van der Waals surface area contributed by atoms with Gasteiger partial charge in [-0.05, 0) is 83.5 Å². The van der Waals surface area contributed by atoms with E-state index >= 15 is 0 Å². The van der Waals surface area contributed by atoms with Crippen molar-refractivity contribution in [2.24, 2.45) is 0 Å². The fraction of sp³-hybridized carbons (Fsp3) is 0.647. The predicted octanol–water partition coefficient (Wildman–Crippen LogP) is 15.1. The van der Waals surface area contributed by atoms with Gasteiger partial charge in [-0.1, -0.05) is 189 Å². The van der Waals surface area contributed by atoms with E-state index in [9.17, 15) is 9.59 Å². The standard InChI is InChI=1S/C51H84O5/c1-4-7-10-13-16-19-22-24-25-26-28-31-34-37-40-43-46-54-47-49(56-51(53)45-42-39-36-33-29-21-18-15-12-9-6-3)48-55-50(52)44-41-38-35-32-30-27-23-20-17-14-11-8-5-2/h7-8,10-11,16-17,19-20,24-25,27-28,30-31,37,40,49H,4-6,9,12-15,18,21-23,26,29,32-36,38-39,41-48H2,1-3H3/b10-7-,11-8-,19-16-,20-17-,25-24-,30-27-,31-28-,40-37-. The lowest BCUT2D eigenvalue weighted by Crippen LogP contribution is -2.30. The molecule has 0 bridgehead atoms. The summed E-state index contributed by atoms with van der Waals surface area (Å²) in [5, 5.41) is 0. The average Bonchev–Trinajstić information content (AvgIpc) is 3.20. The van der Waals surface area contributed by atoms with E-state index in [0.29, 0.717) is 19.4 Å². The van der Waals surface area contributed by atoms with Gasteiger partial charge in [0.2, 0.25) is 0 Å². The molecule has 0 saturated heterocycles. The fourth-order valence-electron chi connectivity index (χ4n) is 5.82. The number of carbonyl (C=O) groups excluding carboxylic acids is 2. The maximum atomic E-state index is 12.7. The number of esters is 2. The molecule has 0 N–H and O–H groups in total. The Morgan fingerprint density at radius 3 is 1.29 bits per heavy atom. The molecule has 0 aliphatic rings. The van der Waals surface area contributed by atoms with E-state index in [4.69, 9.17) is 14.2 Å². The molecular weight excluding hydrogens is 693 g/mol. The number of unbranched alkanes of at least 4 members (excludes halogenated alkanes) is 13. The van der Waals surface area contributed by atoms with Gasteiger partial charge in [-0.3, -0.25) is 9.59 Å². The van der Waals surface area contributed by atoms with Crippen molar-refractivity contribution in [3.63, 3.8) is 0 Å². The summed E-state index contributed by atoms with van der Waals surface area (Å²) in [7, 11) is 0. The quantitative estimate of drug-likeness (QED) is 0.0352. The molecule has 0 radical (unpaired) electrons. The van der Waals surface area contributed by atoms with Crippen LogP contribution in [0.3, 0.4) is 0 Å². The lowest BCUT2D eigenvalue weighted by molar-refractivity contribution is -0.162. The smallest absolute Gasteiger partial charge is 0.306 e. The Labute approximate surface area is 345 Å². The van der Waals surface area contributed by atoms with Crippen molar-refractivity contribution in [2.45, 2.75) is 194 Å². The third-order valence-electron chi connectivity index (χ3n) is 9.13. The number of hydrogen-bond acceptors (Lipinski definition) is 5. The molecule has 0 spiro atoms. The largest absolute Gasteiger partial charge is 0.462 e. The minimum absolute atomic E-state index is 0.0367. The van der Waals surface area contributed by atoms with E-state index in [-0.39, 0.29) is 25.2 Å². The lowest BCUT2D eigenvalue weighted by Gasteiger charge is -2.18. The van der Waals surface area contributed by atoms with Crippen molar-refractivity contribution in [1.29, 1.82) is 0 Å². The first kappa shape index (κ1) is 52.8. The van der Waals surface area contributed by atoms with Gasteiger partial charge in [-0.15, -0.1) is 0 Å². The van der Waals surface area contributed by atoms with Crippen molar-refractivity contribution in [2.75, 3.05) is 19.8 Å². The molecule has 0 rings (SSSR count). The van der Waals surface area contributed by atoms with Crippen molar-refractivity contribution in [3.05, 3.63) is 97.2 Å². The Kier molecular flexibility index (Phi) is 43.6. The number of rotatable bonds is 40. The molecule has 0 aromatic rings. The Morgan fingerprint density at radius 1 is 0.411 bits per heavy atom. The summed E-state index contributed by atoms with van der Waals surface area (Å²) >= 11 is 0. The first-order chi connectivity index (χ1) is 27.6. The van der Waals surface area contributed by atoms with Crippen LogP contribution in [0, 0.1) is 0 Å². The molecular formula is C51H84O5. The molecule has 56 heavy (non-hydrogen) atoms. The van der Waals surface area contributed by atoms with Crippen LogP contribution in [0.4, 0.5) is 0 Å². The first-order valence-electron chi connectivity index (χ1n) is 22.8. The van der Waals surface area contributed by atoms with E-state index in [2.05, 4.69) is 118 Å². The van der Waals surface area contributed by atoms with Crippen molar-refractivity contribution < 1.29 is 23.8 Å². The van der Waals surface area contributed by atoms with Gasteiger partial charge >= 0.3 is 11.9 Å². The molecule has 5 heteroatoms. The van der Waals surface area contributed by atoms with Gasteiger partial charge in [-0.25, -0.2) is 0 Å². The van der Waals surface area contributed by atoms with Crippen molar-refractivity contribution in [1.82, 2.24) is 0 Å². The van der Waals surface area contributed by atoms with Crippen molar-refractivity contribution >= 4 is 11.9 Å². The fourth-order valence-corrected chi connectivity index (χ4v) is 5.82. The summed E-state index contributed by atoms with van der Waals surface area (Å²) in [6.45, 7) is 7.33. The topological polar surface area (TPSA) is 61.8 Å². The van der Waals surface area contributed by atoms with Crippen LogP contribution in [0.2, 0.25) is 0 Å². The second-order valence-electron chi connectivity index (χ2n) is 14.5. The maximum absolute atomic E-state index is 12.7. The summed E-state index contributed by atoms with van der Waals surface area (Å²) < 4.78 is 17.2. The van der Waals surface area contributed by atoms with Crippen LogP contribution < -0.4 is 0 Å². The predicted molar refractivity (Wildman–Crippen MR) is 242 cm³/mol. The maximum Gasteiger partial charge on any atom is 0.306 e. The summed E-state index contributed by atoms with van der Waals surface area (Å²) in [6.07, 6.45) is 61.4. The third-order valence-corrected chi connectivity index (χ3v) is 9.13. The Balaban J connectivity index is 4.43. The van der Waals surface area contributed by atoms with E-state index in [1.165, 1.54) is 51.4 Å². The monoisotopic (exact) mass is 777 g/mol. The summed E-state index contributed by atoms with van der Waals surface area (Å²) in [5.74, 6) is -0.478. The van der Waals surface area contributed by atoms with Crippen molar-refractivity contribution in [3.8, 4) is 0 Å². The van der Waals surface area contributed by atoms with E-state index in [1.54, 1.807) is 0 Å². The molecule has 0 fully saturated rings. The minimum Gasteiger partial charge on any atom is -0.462 e. The van der Waals surface area contributed by atoms with Gasteiger partial charge in [-0.2, -0.15) is 0 Å². The van der Waals surface area contributed by atoms with Crippen LogP contribution in [-0.2, 0) is 23.8 Å². The molecule has 0 saturated carbocycles. The molecule has 0 aliphatic heterocycles. The van der Waals surface area contributed by atoms with E-state index in [0.717, 1.165) is 103 Å². The number of hydrogen-bond donors (Lipinski definition) is 0. The third kappa shape index (κ3) is 43.5. The van der Waals surface area contributed by atoms with Crippen LogP contribution in [0.25, 0.3) is 0 Å². The molecule has 0 aromatic carbocycles. The first-order valence-corrected chi connectivity index (χ1v) is 22.8. The number of ether oxygens (including phenoxy) is 3. The van der Waals surface area contributed by atoms with Crippen LogP contribution in [-0.4, -0.2) is 37.9 Å². The van der Waals surface area contributed by atoms with Gasteiger partial charge in [0.1, 0.15) is 6.61 Å². The molecule has 0 aliphatic carbocycles. The molecule has 1 unspecified atom stereocenters. The van der Waals surface area contributed by atoms with Gasteiger partial charge in [0.05, 0.1) is 13.2 Å². The SMILES string of the molecule is CC/C=C\C/C=C\C/C=C\C/C=C\C/C=C\CCOCC(COC(=O)CCCCC/C=C\C/C=C\C/C=C\CC)OC(=O)CCCCCCCCCCCCC. The van der Waals surface area contributed by atoms with Gasteiger partial charge < -0.3 is 14.2 Å². The van der Waals surface area contributed by atoms with E-state index < -0.39 is 6.10 Å². The normalized spacial score (nSPS) is 13.1. The van der Waals surface area contributed by atoms with Crippen LogP contribution in [0.15, 0.2) is 97.2 Å². The Hall–Kier alpha value is -3.18. The van der Waals surface area contributed by atoms with Crippen LogP contribution >= 0.6 is 0 Å². The zero-order valence-corrected chi connectivity index (χ0v) is 36.4. The number of allylic oxidation sites excluding steroid dienone is 15. The Morgan fingerprint density at radius 2 is 0.804 bits per heavy atom. The second-order valence-corrected chi connectivity index (χ2v) is 14.5. The van der Waals surface area contributed by atoms with E-state index in [1.807, 2.05) is 0 Å². The number of carbonyl (C=O) groups is 2. The average molecular weight is 777 g/mol. The van der Waals surface area contributed by atoms with Crippen LogP contribution in [0.1, 0.15) is 188 Å². The minimum atomic E-state index is -0.589. The van der Waals surface area contributed by atoms with Gasteiger partial charge in [0.25, 0.3) is 0 Å². The molecule has 5 nitrogen and oxygen atoms in total. The highest BCUT2D eigenvalue weighted by molar-refractivity contribution is 5.70. The summed E-state index contributed by atoms with van der Waals surface area (Å²) in [5.41, 5.74) is 0. The highest BCUT2D eigenvalue weighted by atomic mass is 16.6. The Bertz CT molecular complexity index is 1110. The lowest BCUT2D eigenvalue weighted by atomic mass is 10.1. The highest BCUT2D eigenvalue weighted by Crippen LogP contribution is 2.13. The molecule has 318 valence electrons. The van der Waals surface area contributed by atoms with Crippen LogP contribution in [0.5, 0.6) is 0 Å². The second kappa shape index (κ2) is 46.2. The molecule has 1 atom stereocenters. The zero-order valence-electron chi connectivity index (χ0n) is 36.4.